The minimum Gasteiger partial charge on any atom is -0.484 e. The number of amides is 1. The summed E-state index contributed by atoms with van der Waals surface area (Å²) in [5, 5.41) is 14.0. The molecule has 1 aromatic carbocycles. The van der Waals surface area contributed by atoms with Gasteiger partial charge in [0.1, 0.15) is 5.75 Å². The van der Waals surface area contributed by atoms with Gasteiger partial charge in [0.05, 0.1) is 6.54 Å². The molecule has 1 aromatic heterocycles. The van der Waals surface area contributed by atoms with Crippen LogP contribution in [0.3, 0.4) is 0 Å². The summed E-state index contributed by atoms with van der Waals surface area (Å²) in [6.07, 6.45) is 1.09. The average molecular weight is 303 g/mol. The highest BCUT2D eigenvalue weighted by Gasteiger charge is 2.08. The zero-order valence-corrected chi connectivity index (χ0v) is 13.1. The lowest BCUT2D eigenvalue weighted by Crippen LogP contribution is -2.21. The van der Waals surface area contributed by atoms with Gasteiger partial charge < -0.3 is 4.74 Å². The van der Waals surface area contributed by atoms with E-state index in [2.05, 4.69) is 34.6 Å². The monoisotopic (exact) mass is 303 g/mol. The Kier molecular flexibility index (Phi) is 5.46. The summed E-state index contributed by atoms with van der Waals surface area (Å²) in [5.74, 6) is 1.04. The molecule has 1 N–H and O–H groups in total. The predicted octanol–water partition coefficient (Wildman–Crippen LogP) is 2.22. The smallest absolute Gasteiger partial charge is 0.270 e. The van der Waals surface area contributed by atoms with Crippen molar-refractivity contribution in [2.24, 2.45) is 0 Å². The number of hydrogen-bond acceptors (Lipinski definition) is 5. The van der Waals surface area contributed by atoms with Crippen LogP contribution in [0.1, 0.15) is 38.7 Å². The molecule has 0 unspecified atom stereocenters. The van der Waals surface area contributed by atoms with Crippen molar-refractivity contribution < 1.29 is 9.53 Å². The number of benzene rings is 1. The van der Waals surface area contributed by atoms with Gasteiger partial charge in [-0.3, -0.25) is 10.1 Å². The molecule has 7 heteroatoms. The Bertz CT molecular complexity index is 609. The fourth-order valence-corrected chi connectivity index (χ4v) is 1.87. The van der Waals surface area contributed by atoms with Crippen LogP contribution in [-0.2, 0) is 11.3 Å². The molecule has 0 aliphatic rings. The number of carbonyl (C=O) groups is 1. The van der Waals surface area contributed by atoms with Crippen molar-refractivity contribution in [3.05, 3.63) is 29.8 Å². The second kappa shape index (κ2) is 7.53. The Morgan fingerprint density at radius 2 is 2.05 bits per heavy atom. The molecule has 1 heterocycles. The maximum absolute atomic E-state index is 11.8. The molecule has 0 spiro atoms. The van der Waals surface area contributed by atoms with Crippen molar-refractivity contribution in [3.63, 3.8) is 0 Å². The molecule has 22 heavy (non-hydrogen) atoms. The van der Waals surface area contributed by atoms with Crippen molar-refractivity contribution >= 4 is 11.9 Å². The summed E-state index contributed by atoms with van der Waals surface area (Å²) in [4.78, 5) is 13.1. The molecule has 118 valence electrons. The summed E-state index contributed by atoms with van der Waals surface area (Å²) >= 11 is 0. The Hall–Kier alpha value is -2.44. The summed E-state index contributed by atoms with van der Waals surface area (Å²) in [6.45, 7) is 6.73. The molecule has 7 nitrogen and oxygen atoms in total. The molecule has 0 fully saturated rings. The van der Waals surface area contributed by atoms with Crippen molar-refractivity contribution in [1.29, 1.82) is 0 Å². The predicted molar refractivity (Wildman–Crippen MR) is 82.8 cm³/mol. The Labute approximate surface area is 129 Å². The molecular weight excluding hydrogens is 282 g/mol. The zero-order valence-electron chi connectivity index (χ0n) is 13.1. The minimum absolute atomic E-state index is 0.0939. The van der Waals surface area contributed by atoms with Gasteiger partial charge in [0.15, 0.2) is 6.61 Å². The molecule has 1 amide bonds. The topological polar surface area (TPSA) is 81.9 Å². The standard InChI is InChI=1S/C15H21N5O2/c1-4-11(3)12-6-8-13(9-7-12)22-10-14(21)16-15-17-19-20(5-2)18-15/h6-9,11H,4-5,10H2,1-3H3,(H,16,18,21)/t11-/m0/s1. The van der Waals surface area contributed by atoms with E-state index in [0.717, 1.165) is 6.42 Å². The van der Waals surface area contributed by atoms with E-state index in [0.29, 0.717) is 18.2 Å². The number of tetrazole rings is 1. The van der Waals surface area contributed by atoms with Gasteiger partial charge in [0, 0.05) is 0 Å². The second-order valence-corrected chi connectivity index (χ2v) is 5.02. The molecule has 1 atom stereocenters. The van der Waals surface area contributed by atoms with E-state index >= 15 is 0 Å². The normalized spacial score (nSPS) is 12.0. The number of aryl methyl sites for hydroxylation is 1. The second-order valence-electron chi connectivity index (χ2n) is 5.02. The Morgan fingerprint density at radius 3 is 2.64 bits per heavy atom. The first-order valence-electron chi connectivity index (χ1n) is 7.42. The summed E-state index contributed by atoms with van der Waals surface area (Å²) in [6, 6.07) is 7.80. The number of aromatic nitrogens is 4. The van der Waals surface area contributed by atoms with Crippen LogP contribution in [0.15, 0.2) is 24.3 Å². The lowest BCUT2D eigenvalue weighted by atomic mass is 9.99. The fourth-order valence-electron chi connectivity index (χ4n) is 1.87. The van der Waals surface area contributed by atoms with Crippen LogP contribution < -0.4 is 10.1 Å². The third-order valence-electron chi connectivity index (χ3n) is 3.42. The van der Waals surface area contributed by atoms with Gasteiger partial charge in [-0.1, -0.05) is 31.1 Å². The van der Waals surface area contributed by atoms with E-state index in [4.69, 9.17) is 4.74 Å². The number of anilines is 1. The number of carbonyl (C=O) groups excluding carboxylic acids is 1. The largest absolute Gasteiger partial charge is 0.484 e. The van der Waals surface area contributed by atoms with Crippen LogP contribution in [0.5, 0.6) is 5.75 Å². The van der Waals surface area contributed by atoms with Crippen LogP contribution in [0.2, 0.25) is 0 Å². The highest BCUT2D eigenvalue weighted by Crippen LogP contribution is 2.21. The molecule has 2 aromatic rings. The molecule has 0 saturated heterocycles. The Morgan fingerprint density at radius 1 is 1.32 bits per heavy atom. The first-order chi connectivity index (χ1) is 10.6. The molecular formula is C15H21N5O2. The van der Waals surface area contributed by atoms with Crippen molar-refractivity contribution in [3.8, 4) is 5.75 Å². The molecule has 0 saturated carbocycles. The van der Waals surface area contributed by atoms with Crippen LogP contribution in [-0.4, -0.2) is 32.7 Å². The number of nitrogens with zero attached hydrogens (tertiary/aromatic N) is 4. The lowest BCUT2D eigenvalue weighted by Gasteiger charge is -2.10. The maximum atomic E-state index is 11.8. The van der Waals surface area contributed by atoms with Gasteiger partial charge in [-0.2, -0.15) is 4.80 Å². The van der Waals surface area contributed by atoms with Crippen LogP contribution in [0, 0.1) is 0 Å². The molecule has 0 bridgehead atoms. The van der Waals surface area contributed by atoms with Gasteiger partial charge in [0.2, 0.25) is 0 Å². The third-order valence-corrected chi connectivity index (χ3v) is 3.42. The quantitative estimate of drug-likeness (QED) is 0.848. The zero-order chi connectivity index (χ0) is 15.9. The van der Waals surface area contributed by atoms with Crippen LogP contribution >= 0.6 is 0 Å². The van der Waals surface area contributed by atoms with E-state index in [9.17, 15) is 4.79 Å². The van der Waals surface area contributed by atoms with E-state index in [-0.39, 0.29) is 18.5 Å². The first kappa shape index (κ1) is 15.9. The van der Waals surface area contributed by atoms with Crippen LogP contribution in [0.4, 0.5) is 5.95 Å². The van der Waals surface area contributed by atoms with Gasteiger partial charge in [0.25, 0.3) is 11.9 Å². The third kappa shape index (κ3) is 4.28. The number of nitrogens with one attached hydrogen (secondary N) is 1. The Balaban J connectivity index is 1.83. The molecule has 0 aliphatic carbocycles. The maximum Gasteiger partial charge on any atom is 0.270 e. The summed E-state index contributed by atoms with van der Waals surface area (Å²) in [5.41, 5.74) is 1.26. The highest BCUT2D eigenvalue weighted by molar-refractivity contribution is 5.90. The van der Waals surface area contributed by atoms with Gasteiger partial charge >= 0.3 is 0 Å². The first-order valence-corrected chi connectivity index (χ1v) is 7.42. The molecule has 2 rings (SSSR count). The average Bonchev–Trinajstić information content (AvgIpc) is 3.00. The van der Waals surface area contributed by atoms with Crippen LogP contribution in [0.25, 0.3) is 0 Å². The lowest BCUT2D eigenvalue weighted by molar-refractivity contribution is -0.118. The van der Waals surface area contributed by atoms with Crippen molar-refractivity contribution in [1.82, 2.24) is 20.2 Å². The molecule has 0 aliphatic heterocycles. The molecule has 0 radical (unpaired) electrons. The van der Waals surface area contributed by atoms with Gasteiger partial charge in [-0.25, -0.2) is 0 Å². The van der Waals surface area contributed by atoms with Crippen molar-refractivity contribution in [2.45, 2.75) is 39.7 Å². The van der Waals surface area contributed by atoms with E-state index in [1.54, 1.807) is 0 Å². The van der Waals surface area contributed by atoms with E-state index < -0.39 is 0 Å². The number of rotatable bonds is 7. The summed E-state index contributed by atoms with van der Waals surface area (Å²) < 4.78 is 5.45. The number of hydrogen-bond donors (Lipinski definition) is 1. The fraction of sp³-hybridized carbons (Fsp3) is 0.467. The number of ether oxygens (including phenoxy) is 1. The van der Waals surface area contributed by atoms with Crippen molar-refractivity contribution in [2.75, 3.05) is 11.9 Å². The van der Waals surface area contributed by atoms with Gasteiger partial charge in [-0.15, -0.1) is 5.10 Å². The van der Waals surface area contributed by atoms with Gasteiger partial charge in [-0.05, 0) is 42.2 Å². The van der Waals surface area contributed by atoms with E-state index in [1.807, 2.05) is 31.2 Å². The van der Waals surface area contributed by atoms with E-state index in [1.165, 1.54) is 10.4 Å². The summed E-state index contributed by atoms with van der Waals surface area (Å²) in [7, 11) is 0. The SMILES string of the molecule is CC[C@H](C)c1ccc(OCC(=O)Nc2nnn(CC)n2)cc1. The minimum atomic E-state index is -0.318. The highest BCUT2D eigenvalue weighted by atomic mass is 16.5.